The first-order valence-electron chi connectivity index (χ1n) is 5.19. The fourth-order valence-corrected chi connectivity index (χ4v) is 1.38. The van der Waals surface area contributed by atoms with Crippen molar-refractivity contribution in [2.75, 3.05) is 17.7 Å². The first-order chi connectivity index (χ1) is 7.99. The average Bonchev–Trinajstić information content (AvgIpc) is 2.29. The number of hydrogen-bond acceptors (Lipinski definition) is 4. The van der Waals surface area contributed by atoms with E-state index in [0.29, 0.717) is 6.42 Å². The van der Waals surface area contributed by atoms with Crippen molar-refractivity contribution >= 4 is 17.3 Å². The van der Waals surface area contributed by atoms with Crippen LogP contribution in [0.25, 0.3) is 0 Å². The number of carboxylic acids is 1. The van der Waals surface area contributed by atoms with Gasteiger partial charge in [0.25, 0.3) is 0 Å². The van der Waals surface area contributed by atoms with Crippen LogP contribution in [0, 0.1) is 5.82 Å². The number of benzene rings is 1. The van der Waals surface area contributed by atoms with Gasteiger partial charge in [0.1, 0.15) is 5.82 Å². The van der Waals surface area contributed by atoms with E-state index in [0.717, 1.165) is 12.1 Å². The second kappa shape index (κ2) is 5.49. The Balaban J connectivity index is 3.03. The van der Waals surface area contributed by atoms with Crippen molar-refractivity contribution in [2.24, 2.45) is 0 Å². The molecule has 0 aliphatic carbocycles. The van der Waals surface area contributed by atoms with Gasteiger partial charge in [0.2, 0.25) is 0 Å². The molecule has 17 heavy (non-hydrogen) atoms. The van der Waals surface area contributed by atoms with Crippen LogP contribution in [-0.2, 0) is 0 Å². The summed E-state index contributed by atoms with van der Waals surface area (Å²) in [6, 6.07) is 1.84. The predicted octanol–water partition coefficient (Wildman–Crippen LogP) is 1.29. The van der Waals surface area contributed by atoms with Gasteiger partial charge in [-0.25, -0.2) is 9.18 Å². The lowest BCUT2D eigenvalue weighted by atomic mass is 10.1. The molecule has 1 rings (SSSR count). The van der Waals surface area contributed by atoms with Crippen molar-refractivity contribution in [1.82, 2.24) is 0 Å². The van der Waals surface area contributed by atoms with Crippen molar-refractivity contribution in [2.45, 2.75) is 19.4 Å². The summed E-state index contributed by atoms with van der Waals surface area (Å²) in [6.45, 7) is 1.74. The Morgan fingerprint density at radius 1 is 1.59 bits per heavy atom. The molecule has 0 saturated carbocycles. The Kier molecular flexibility index (Phi) is 4.28. The lowest BCUT2D eigenvalue weighted by molar-refractivity contribution is 0.0692. The minimum Gasteiger partial charge on any atom is -0.478 e. The molecule has 0 bridgehead atoms. The molecular formula is C11H15FN2O3. The molecule has 0 aliphatic heterocycles. The lowest BCUT2D eigenvalue weighted by Crippen LogP contribution is -2.23. The first-order valence-corrected chi connectivity index (χ1v) is 5.19. The first kappa shape index (κ1) is 13.2. The van der Waals surface area contributed by atoms with Crippen molar-refractivity contribution in [3.05, 3.63) is 23.5 Å². The quantitative estimate of drug-likeness (QED) is 0.583. The minimum absolute atomic E-state index is 0.113. The van der Waals surface area contributed by atoms with E-state index in [1.54, 1.807) is 0 Å². The van der Waals surface area contributed by atoms with Gasteiger partial charge in [-0.05, 0) is 18.6 Å². The molecule has 0 heterocycles. The number of rotatable bonds is 5. The number of nitrogen functional groups attached to an aromatic ring is 1. The molecule has 0 saturated heterocycles. The number of halogens is 1. The number of aliphatic hydroxyl groups excluding tert-OH is 1. The van der Waals surface area contributed by atoms with Crippen molar-refractivity contribution in [1.29, 1.82) is 0 Å². The minimum atomic E-state index is -1.37. The fourth-order valence-electron chi connectivity index (χ4n) is 1.38. The van der Waals surface area contributed by atoms with Gasteiger partial charge in [0, 0.05) is 6.04 Å². The third kappa shape index (κ3) is 3.07. The molecule has 1 aromatic carbocycles. The molecule has 5 nitrogen and oxygen atoms in total. The van der Waals surface area contributed by atoms with E-state index in [1.165, 1.54) is 0 Å². The summed E-state index contributed by atoms with van der Waals surface area (Å²) in [7, 11) is 0. The number of nitrogens with one attached hydrogen (secondary N) is 1. The molecule has 1 unspecified atom stereocenters. The molecule has 5 N–H and O–H groups in total. The number of carbonyl (C=O) groups is 1. The van der Waals surface area contributed by atoms with Gasteiger partial charge in [-0.3, -0.25) is 0 Å². The van der Waals surface area contributed by atoms with Crippen LogP contribution in [0.3, 0.4) is 0 Å². The van der Waals surface area contributed by atoms with Crippen LogP contribution in [0.2, 0.25) is 0 Å². The van der Waals surface area contributed by atoms with Crippen molar-refractivity contribution in [3.63, 3.8) is 0 Å². The van der Waals surface area contributed by atoms with Crippen molar-refractivity contribution in [3.8, 4) is 0 Å². The van der Waals surface area contributed by atoms with Crippen LogP contribution >= 0.6 is 0 Å². The van der Waals surface area contributed by atoms with Crippen LogP contribution in [-0.4, -0.2) is 28.8 Å². The Morgan fingerprint density at radius 3 is 2.71 bits per heavy atom. The summed E-state index contributed by atoms with van der Waals surface area (Å²) in [5.74, 6) is -2.23. The second-order valence-corrected chi connectivity index (χ2v) is 3.66. The molecular weight excluding hydrogens is 227 g/mol. The summed E-state index contributed by atoms with van der Waals surface area (Å²) in [6.07, 6.45) is 0.637. The van der Waals surface area contributed by atoms with Crippen LogP contribution in [0.5, 0.6) is 0 Å². The molecule has 1 aromatic rings. The number of anilines is 2. The Hall–Kier alpha value is -1.82. The molecule has 0 radical (unpaired) electrons. The highest BCUT2D eigenvalue weighted by atomic mass is 19.1. The molecule has 0 fully saturated rings. The van der Waals surface area contributed by atoms with E-state index in [-0.39, 0.29) is 24.0 Å². The van der Waals surface area contributed by atoms with E-state index in [4.69, 9.17) is 15.9 Å². The summed E-state index contributed by atoms with van der Waals surface area (Å²) < 4.78 is 13.4. The Morgan fingerprint density at radius 2 is 2.24 bits per heavy atom. The number of hydrogen-bond donors (Lipinski definition) is 4. The van der Waals surface area contributed by atoms with Gasteiger partial charge in [-0.2, -0.15) is 0 Å². The molecule has 0 spiro atoms. The molecule has 94 valence electrons. The van der Waals surface area contributed by atoms with Gasteiger partial charge in [0.15, 0.2) is 0 Å². The van der Waals surface area contributed by atoms with Crippen molar-refractivity contribution < 1.29 is 19.4 Å². The maximum absolute atomic E-state index is 13.4. The SMILES string of the molecule is CCC(CO)Nc1cc(F)c(C(=O)O)cc1N. The molecule has 6 heteroatoms. The number of carboxylic acid groups (broad SMARTS) is 1. The highest BCUT2D eigenvalue weighted by molar-refractivity contribution is 5.90. The summed E-state index contributed by atoms with van der Waals surface area (Å²) in [5, 5.41) is 20.5. The summed E-state index contributed by atoms with van der Waals surface area (Å²) in [4.78, 5) is 10.7. The van der Waals surface area contributed by atoms with Crippen LogP contribution in [0.15, 0.2) is 12.1 Å². The number of aliphatic hydroxyl groups is 1. The average molecular weight is 242 g/mol. The predicted molar refractivity (Wildman–Crippen MR) is 62.6 cm³/mol. The van der Waals surface area contributed by atoms with Crippen LogP contribution in [0.1, 0.15) is 23.7 Å². The molecule has 1 atom stereocenters. The monoisotopic (exact) mass is 242 g/mol. The fraction of sp³-hybridized carbons (Fsp3) is 0.364. The van der Waals surface area contributed by atoms with Crippen LogP contribution < -0.4 is 11.1 Å². The smallest absolute Gasteiger partial charge is 0.338 e. The van der Waals surface area contributed by atoms with E-state index in [1.807, 2.05) is 6.92 Å². The van der Waals surface area contributed by atoms with E-state index >= 15 is 0 Å². The largest absolute Gasteiger partial charge is 0.478 e. The number of nitrogens with two attached hydrogens (primary N) is 1. The van der Waals surface area contributed by atoms with Gasteiger partial charge in [0.05, 0.1) is 23.5 Å². The lowest BCUT2D eigenvalue weighted by Gasteiger charge is -2.17. The van der Waals surface area contributed by atoms with E-state index in [2.05, 4.69) is 5.32 Å². The van der Waals surface area contributed by atoms with Crippen LogP contribution in [0.4, 0.5) is 15.8 Å². The van der Waals surface area contributed by atoms with Gasteiger partial charge >= 0.3 is 5.97 Å². The Labute approximate surface area is 98.1 Å². The zero-order chi connectivity index (χ0) is 13.0. The van der Waals surface area contributed by atoms with E-state index in [9.17, 15) is 9.18 Å². The zero-order valence-corrected chi connectivity index (χ0v) is 9.40. The maximum atomic E-state index is 13.4. The van der Waals surface area contributed by atoms with E-state index < -0.39 is 17.3 Å². The highest BCUT2D eigenvalue weighted by Gasteiger charge is 2.15. The molecule has 0 aromatic heterocycles. The topological polar surface area (TPSA) is 95.6 Å². The Bertz CT molecular complexity index is 419. The summed E-state index contributed by atoms with van der Waals surface area (Å²) >= 11 is 0. The third-order valence-corrected chi connectivity index (χ3v) is 2.44. The van der Waals surface area contributed by atoms with Gasteiger partial charge in [-0.15, -0.1) is 0 Å². The maximum Gasteiger partial charge on any atom is 0.338 e. The van der Waals surface area contributed by atoms with Gasteiger partial charge in [-0.1, -0.05) is 6.92 Å². The van der Waals surface area contributed by atoms with Gasteiger partial charge < -0.3 is 21.3 Å². The summed E-state index contributed by atoms with van der Waals surface area (Å²) in [5.41, 5.74) is 5.56. The highest BCUT2D eigenvalue weighted by Crippen LogP contribution is 2.24. The molecule has 0 aliphatic rings. The third-order valence-electron chi connectivity index (χ3n) is 2.44. The zero-order valence-electron chi connectivity index (χ0n) is 9.40. The standard InChI is InChI=1S/C11H15FN2O3/c1-2-6(5-15)14-10-4-8(12)7(11(16)17)3-9(10)13/h3-4,6,14-15H,2,5,13H2,1H3,(H,16,17). The normalized spacial score (nSPS) is 12.2. The number of aromatic carboxylic acids is 1. The molecule has 0 amide bonds. The second-order valence-electron chi connectivity index (χ2n) is 3.66.